The standard InChI is InChI=1S/C15H8BrN3O2/c16-8-5-6-9-10(7-8)14(21)19(13(9)20)15-17-11-3-1-2-4-12(11)18-15/h1-7H,(H,17,18). The molecule has 0 spiro atoms. The van der Waals surface area contributed by atoms with Crippen molar-refractivity contribution >= 4 is 44.7 Å². The summed E-state index contributed by atoms with van der Waals surface area (Å²) in [4.78, 5) is 33.3. The SMILES string of the molecule is O=C1c2ccc(Br)cc2C(=O)N1c1nc2ccccc2[nH]1. The van der Waals surface area contributed by atoms with E-state index in [1.165, 1.54) is 0 Å². The van der Waals surface area contributed by atoms with Gasteiger partial charge in [-0.25, -0.2) is 9.88 Å². The van der Waals surface area contributed by atoms with E-state index in [-0.39, 0.29) is 17.8 Å². The molecule has 4 rings (SSSR count). The summed E-state index contributed by atoms with van der Waals surface area (Å²) in [5.74, 6) is -0.476. The van der Waals surface area contributed by atoms with E-state index < -0.39 is 0 Å². The second kappa shape index (κ2) is 4.26. The van der Waals surface area contributed by atoms with Gasteiger partial charge in [-0.15, -0.1) is 0 Å². The molecule has 1 aliphatic rings. The Kier molecular flexibility index (Phi) is 2.49. The zero-order chi connectivity index (χ0) is 14.6. The highest BCUT2D eigenvalue weighted by molar-refractivity contribution is 9.10. The number of rotatable bonds is 1. The first-order chi connectivity index (χ1) is 10.1. The molecule has 0 bridgehead atoms. The summed E-state index contributed by atoms with van der Waals surface area (Å²) in [5, 5.41) is 0. The number of imidazole rings is 1. The summed E-state index contributed by atoms with van der Waals surface area (Å²) >= 11 is 3.31. The summed E-state index contributed by atoms with van der Waals surface area (Å²) in [7, 11) is 0. The fraction of sp³-hybridized carbons (Fsp3) is 0. The molecular formula is C15H8BrN3O2. The third-order valence-electron chi connectivity index (χ3n) is 3.44. The molecule has 0 radical (unpaired) electrons. The number of halogens is 1. The molecule has 2 amide bonds. The van der Waals surface area contributed by atoms with E-state index in [1.807, 2.05) is 24.3 Å². The number of imide groups is 1. The number of carbonyl (C=O) groups is 2. The number of carbonyl (C=O) groups excluding carboxylic acids is 2. The van der Waals surface area contributed by atoms with Gasteiger partial charge in [0.25, 0.3) is 11.8 Å². The van der Waals surface area contributed by atoms with Crippen molar-refractivity contribution in [1.82, 2.24) is 9.97 Å². The quantitative estimate of drug-likeness (QED) is 0.691. The van der Waals surface area contributed by atoms with E-state index in [0.717, 1.165) is 14.9 Å². The van der Waals surface area contributed by atoms with Gasteiger partial charge in [0, 0.05) is 4.47 Å². The summed E-state index contributed by atoms with van der Waals surface area (Å²) in [5.41, 5.74) is 2.27. The number of hydrogen-bond donors (Lipinski definition) is 1. The molecule has 6 heteroatoms. The van der Waals surface area contributed by atoms with Crippen molar-refractivity contribution in [3.8, 4) is 0 Å². The second-order valence-corrected chi connectivity index (χ2v) is 5.63. The van der Waals surface area contributed by atoms with Crippen LogP contribution in [-0.2, 0) is 0 Å². The summed E-state index contributed by atoms with van der Waals surface area (Å²) in [6.07, 6.45) is 0. The number of nitrogens with zero attached hydrogens (tertiary/aromatic N) is 2. The number of aromatic nitrogens is 2. The Morgan fingerprint density at radius 1 is 1.00 bits per heavy atom. The number of fused-ring (bicyclic) bond motifs is 2. The van der Waals surface area contributed by atoms with E-state index in [0.29, 0.717) is 16.6 Å². The minimum atomic E-state index is -0.365. The van der Waals surface area contributed by atoms with Crippen LogP contribution in [0.5, 0.6) is 0 Å². The van der Waals surface area contributed by atoms with Gasteiger partial charge in [-0.2, -0.15) is 0 Å². The number of aromatic amines is 1. The van der Waals surface area contributed by atoms with Gasteiger partial charge in [0.15, 0.2) is 0 Å². The van der Waals surface area contributed by atoms with Crippen LogP contribution < -0.4 is 4.90 Å². The van der Waals surface area contributed by atoms with Gasteiger partial charge in [0.2, 0.25) is 5.95 Å². The van der Waals surface area contributed by atoms with Crippen LogP contribution in [-0.4, -0.2) is 21.8 Å². The van der Waals surface area contributed by atoms with Crippen LogP contribution in [0.3, 0.4) is 0 Å². The van der Waals surface area contributed by atoms with Crippen molar-refractivity contribution in [1.29, 1.82) is 0 Å². The molecule has 0 aliphatic carbocycles. The van der Waals surface area contributed by atoms with Crippen molar-refractivity contribution in [2.45, 2.75) is 0 Å². The van der Waals surface area contributed by atoms with Gasteiger partial charge in [0.1, 0.15) is 0 Å². The average molecular weight is 342 g/mol. The molecule has 1 N–H and O–H groups in total. The van der Waals surface area contributed by atoms with Crippen LogP contribution in [0.15, 0.2) is 46.9 Å². The molecule has 21 heavy (non-hydrogen) atoms. The van der Waals surface area contributed by atoms with Crippen LogP contribution in [0.2, 0.25) is 0 Å². The number of amides is 2. The number of anilines is 1. The maximum Gasteiger partial charge on any atom is 0.268 e. The summed E-state index contributed by atoms with van der Waals surface area (Å²) < 4.78 is 0.758. The molecule has 102 valence electrons. The molecule has 0 atom stereocenters. The summed E-state index contributed by atoms with van der Waals surface area (Å²) in [6.45, 7) is 0. The predicted octanol–water partition coefficient (Wildman–Crippen LogP) is 3.13. The molecular weight excluding hydrogens is 334 g/mol. The Labute approximate surface area is 127 Å². The molecule has 3 aromatic rings. The van der Waals surface area contributed by atoms with Gasteiger partial charge in [-0.05, 0) is 30.3 Å². The fourth-order valence-corrected chi connectivity index (χ4v) is 2.81. The number of hydrogen-bond acceptors (Lipinski definition) is 3. The van der Waals surface area contributed by atoms with E-state index in [9.17, 15) is 9.59 Å². The van der Waals surface area contributed by atoms with Gasteiger partial charge in [-0.3, -0.25) is 9.59 Å². The normalized spacial score (nSPS) is 14.0. The molecule has 5 nitrogen and oxygen atoms in total. The first-order valence-corrected chi connectivity index (χ1v) is 7.07. The van der Waals surface area contributed by atoms with Crippen molar-refractivity contribution in [3.05, 3.63) is 58.1 Å². The summed E-state index contributed by atoms with van der Waals surface area (Å²) in [6, 6.07) is 12.4. The molecule has 2 heterocycles. The molecule has 1 aliphatic heterocycles. The van der Waals surface area contributed by atoms with Crippen LogP contribution in [0.4, 0.5) is 5.95 Å². The molecule has 0 unspecified atom stereocenters. The van der Waals surface area contributed by atoms with E-state index >= 15 is 0 Å². The van der Waals surface area contributed by atoms with Gasteiger partial charge >= 0.3 is 0 Å². The largest absolute Gasteiger partial charge is 0.323 e. The second-order valence-electron chi connectivity index (χ2n) is 4.71. The maximum absolute atomic E-state index is 12.5. The van der Waals surface area contributed by atoms with E-state index in [2.05, 4.69) is 25.9 Å². The van der Waals surface area contributed by atoms with Crippen LogP contribution in [0, 0.1) is 0 Å². The fourth-order valence-electron chi connectivity index (χ4n) is 2.45. The molecule has 2 aromatic carbocycles. The number of benzene rings is 2. The number of para-hydroxylation sites is 2. The minimum absolute atomic E-state index is 0.249. The van der Waals surface area contributed by atoms with Crippen LogP contribution >= 0.6 is 15.9 Å². The molecule has 1 aromatic heterocycles. The van der Waals surface area contributed by atoms with E-state index in [4.69, 9.17) is 0 Å². The van der Waals surface area contributed by atoms with Crippen molar-refractivity contribution in [2.24, 2.45) is 0 Å². The van der Waals surface area contributed by atoms with Gasteiger partial charge in [0.05, 0.1) is 22.2 Å². The zero-order valence-corrected chi connectivity index (χ0v) is 12.2. The Balaban J connectivity index is 1.87. The Bertz CT molecular complexity index is 883. The highest BCUT2D eigenvalue weighted by atomic mass is 79.9. The maximum atomic E-state index is 12.5. The minimum Gasteiger partial charge on any atom is -0.323 e. The smallest absolute Gasteiger partial charge is 0.268 e. The highest BCUT2D eigenvalue weighted by Gasteiger charge is 2.38. The lowest BCUT2D eigenvalue weighted by molar-refractivity contribution is 0.0924. The molecule has 0 saturated carbocycles. The predicted molar refractivity (Wildman–Crippen MR) is 81.4 cm³/mol. The van der Waals surface area contributed by atoms with Gasteiger partial charge < -0.3 is 4.98 Å². The molecule has 0 saturated heterocycles. The lowest BCUT2D eigenvalue weighted by Crippen LogP contribution is -2.30. The Hall–Kier alpha value is -2.47. The first kappa shape index (κ1) is 12.3. The lowest BCUT2D eigenvalue weighted by Gasteiger charge is -2.08. The topological polar surface area (TPSA) is 66.1 Å². The van der Waals surface area contributed by atoms with Crippen LogP contribution in [0.25, 0.3) is 11.0 Å². The zero-order valence-electron chi connectivity index (χ0n) is 10.6. The number of H-pyrrole nitrogens is 1. The van der Waals surface area contributed by atoms with Gasteiger partial charge in [-0.1, -0.05) is 28.1 Å². The molecule has 0 fully saturated rings. The Morgan fingerprint density at radius 2 is 1.76 bits per heavy atom. The van der Waals surface area contributed by atoms with Crippen molar-refractivity contribution in [3.63, 3.8) is 0 Å². The highest BCUT2D eigenvalue weighted by Crippen LogP contribution is 2.29. The average Bonchev–Trinajstić information content (AvgIpc) is 2.99. The first-order valence-electron chi connectivity index (χ1n) is 6.28. The van der Waals surface area contributed by atoms with Crippen molar-refractivity contribution in [2.75, 3.05) is 4.90 Å². The van der Waals surface area contributed by atoms with Crippen LogP contribution in [0.1, 0.15) is 20.7 Å². The van der Waals surface area contributed by atoms with Crippen molar-refractivity contribution < 1.29 is 9.59 Å². The Morgan fingerprint density at radius 3 is 2.57 bits per heavy atom. The van der Waals surface area contributed by atoms with E-state index in [1.54, 1.807) is 18.2 Å². The lowest BCUT2D eigenvalue weighted by atomic mass is 10.1. The third kappa shape index (κ3) is 1.72. The number of nitrogens with one attached hydrogen (secondary N) is 1. The third-order valence-corrected chi connectivity index (χ3v) is 3.93. The monoisotopic (exact) mass is 341 g/mol.